The van der Waals surface area contributed by atoms with Gasteiger partial charge in [-0.25, -0.2) is 4.98 Å². The molecule has 4 aromatic rings. The van der Waals surface area contributed by atoms with Crippen LogP contribution in [0.15, 0.2) is 73.1 Å². The van der Waals surface area contributed by atoms with Gasteiger partial charge in [0, 0.05) is 45.1 Å². The predicted octanol–water partition coefficient (Wildman–Crippen LogP) is 3.51. The number of amides is 3. The number of benzene rings is 2. The number of imidazole rings is 1. The van der Waals surface area contributed by atoms with Gasteiger partial charge in [-0.2, -0.15) is 0 Å². The first-order valence-corrected chi connectivity index (χ1v) is 15.8. The second kappa shape index (κ2) is 14.1. The molecule has 46 heavy (non-hydrogen) atoms. The molecular weight excluding hydrogens is 586 g/mol. The Balaban J connectivity index is 1.25. The summed E-state index contributed by atoms with van der Waals surface area (Å²) in [5.41, 5.74) is 3.78. The summed E-state index contributed by atoms with van der Waals surface area (Å²) in [7, 11) is 0. The Morgan fingerprint density at radius 1 is 1.04 bits per heavy atom. The Morgan fingerprint density at radius 3 is 2.72 bits per heavy atom. The Morgan fingerprint density at radius 2 is 1.89 bits per heavy atom. The van der Waals surface area contributed by atoms with Gasteiger partial charge in [0.1, 0.15) is 17.1 Å². The minimum absolute atomic E-state index is 0.0913. The first-order chi connectivity index (χ1) is 22.4. The molecule has 7 rings (SSSR count). The molecule has 4 bridgehead atoms. The lowest BCUT2D eigenvalue weighted by molar-refractivity contribution is -0.137. The Hall–Kier alpha value is -4.74. The minimum Gasteiger partial charge on any atom is -0.457 e. The van der Waals surface area contributed by atoms with Gasteiger partial charge in [0.2, 0.25) is 11.8 Å². The van der Waals surface area contributed by atoms with Crippen LogP contribution in [0, 0.1) is 6.92 Å². The van der Waals surface area contributed by atoms with Crippen molar-refractivity contribution in [1.29, 1.82) is 0 Å². The number of carbonyl (C=O) groups excluding carboxylic acids is 3. The number of aliphatic hydroxyl groups excluding tert-OH is 1. The fourth-order valence-electron chi connectivity index (χ4n) is 6.08. The van der Waals surface area contributed by atoms with Gasteiger partial charge in [0.25, 0.3) is 5.91 Å². The number of nitrogens with zero attached hydrogens (tertiary/aromatic N) is 4. The van der Waals surface area contributed by atoms with Crippen molar-refractivity contribution < 1.29 is 29.0 Å². The van der Waals surface area contributed by atoms with Crippen LogP contribution in [-0.2, 0) is 27.4 Å². The highest BCUT2D eigenvalue weighted by Gasteiger charge is 2.35. The molecule has 3 aliphatic heterocycles. The molecule has 5 heterocycles. The molecule has 0 unspecified atom stereocenters. The zero-order valence-electron chi connectivity index (χ0n) is 25.9. The number of aliphatic hydroxyl groups is 1. The first kappa shape index (κ1) is 31.3. The SMILES string of the molecule is Cc1cn2cccc(C(=O)N3CC[C@@H]4OCc5cccc(c5)Oc5ccc(cc5)CCC(=O)N(CCCO)CC(=O)N[C@H]4C3)c2n1. The molecule has 1 saturated heterocycles. The molecule has 240 valence electrons. The number of hydrogen-bond acceptors (Lipinski definition) is 7. The standard InChI is InChI=1S/C35H39N5O6/c1-24-20-39-15-3-7-29(34(39)36-24)35(44)40-17-14-31-30(21-40)37-32(42)22-38(16-4-18-41)33(43)13-10-25-8-11-27(12-9-25)46-28-6-2-5-26(19-28)23-45-31/h2-3,5-9,11-12,15,19-20,30-31,41H,4,10,13-14,16-18,21-23H2,1H3,(H,37,42)/t30-,31-/m0/s1. The van der Waals surface area contributed by atoms with Crippen LogP contribution in [0.3, 0.4) is 0 Å². The molecule has 0 spiro atoms. The first-order valence-electron chi connectivity index (χ1n) is 15.8. The van der Waals surface area contributed by atoms with Crippen LogP contribution in [0.5, 0.6) is 11.5 Å². The molecule has 11 heteroatoms. The van der Waals surface area contributed by atoms with Gasteiger partial charge in [-0.05, 0) is 73.7 Å². The zero-order valence-corrected chi connectivity index (χ0v) is 25.9. The van der Waals surface area contributed by atoms with E-state index in [2.05, 4.69) is 10.3 Å². The van der Waals surface area contributed by atoms with Gasteiger partial charge >= 0.3 is 0 Å². The van der Waals surface area contributed by atoms with Crippen LogP contribution < -0.4 is 10.1 Å². The van der Waals surface area contributed by atoms with Crippen LogP contribution in [0.4, 0.5) is 0 Å². The molecule has 2 N–H and O–H groups in total. The molecule has 0 saturated carbocycles. The number of piperidine rings is 1. The number of nitrogens with one attached hydrogen (secondary N) is 1. The number of rotatable bonds is 4. The number of pyridine rings is 1. The van der Waals surface area contributed by atoms with E-state index in [0.29, 0.717) is 48.5 Å². The smallest absolute Gasteiger partial charge is 0.257 e. The molecule has 11 nitrogen and oxygen atoms in total. The summed E-state index contributed by atoms with van der Waals surface area (Å²) < 4.78 is 14.3. The van der Waals surface area contributed by atoms with E-state index in [1.54, 1.807) is 11.0 Å². The molecule has 2 atom stereocenters. The van der Waals surface area contributed by atoms with Gasteiger partial charge in [0.05, 0.1) is 36.6 Å². The fourth-order valence-corrected chi connectivity index (χ4v) is 6.08. The van der Waals surface area contributed by atoms with Gasteiger partial charge in [0.15, 0.2) is 0 Å². The lowest BCUT2D eigenvalue weighted by Gasteiger charge is -2.39. The second-order valence-electron chi connectivity index (χ2n) is 11.9. The van der Waals surface area contributed by atoms with Gasteiger partial charge in [-0.15, -0.1) is 0 Å². The zero-order chi connectivity index (χ0) is 32.0. The quantitative estimate of drug-likeness (QED) is 0.356. The molecule has 1 fully saturated rings. The van der Waals surface area contributed by atoms with Crippen LogP contribution in [0.2, 0.25) is 0 Å². The lowest BCUT2D eigenvalue weighted by Crippen LogP contribution is -2.58. The minimum atomic E-state index is -0.516. The molecule has 2 aromatic heterocycles. The topological polar surface area (TPSA) is 126 Å². The molecular formula is C35H39N5O6. The third-order valence-corrected chi connectivity index (χ3v) is 8.44. The van der Waals surface area contributed by atoms with Gasteiger partial charge < -0.3 is 34.1 Å². The molecule has 3 amide bonds. The average molecular weight is 626 g/mol. The van der Waals surface area contributed by atoms with Crippen molar-refractivity contribution in [3.8, 4) is 11.5 Å². The van der Waals surface area contributed by atoms with Crippen LogP contribution in [-0.4, -0.2) is 86.9 Å². The monoisotopic (exact) mass is 625 g/mol. The maximum atomic E-state index is 13.8. The number of ether oxygens (including phenoxy) is 2. The number of likely N-dealkylation sites (tertiary alicyclic amines) is 1. The van der Waals surface area contributed by atoms with Crippen molar-refractivity contribution in [2.45, 2.75) is 51.4 Å². The summed E-state index contributed by atoms with van der Waals surface area (Å²) in [6.07, 6.45) is 4.94. The van der Waals surface area contributed by atoms with Crippen molar-refractivity contribution in [2.24, 2.45) is 0 Å². The number of hydrogen-bond donors (Lipinski definition) is 2. The predicted molar refractivity (Wildman–Crippen MR) is 171 cm³/mol. The van der Waals surface area contributed by atoms with E-state index in [0.717, 1.165) is 16.8 Å². The van der Waals surface area contributed by atoms with E-state index in [1.165, 1.54) is 4.90 Å². The lowest BCUT2D eigenvalue weighted by atomic mass is 10.0. The van der Waals surface area contributed by atoms with E-state index in [9.17, 15) is 19.5 Å². The Bertz CT molecular complexity index is 1700. The van der Waals surface area contributed by atoms with Gasteiger partial charge in [-0.1, -0.05) is 24.3 Å². The Kier molecular flexibility index (Phi) is 9.60. The summed E-state index contributed by atoms with van der Waals surface area (Å²) in [6, 6.07) is 18.4. The Labute approximate surface area is 267 Å². The third-order valence-electron chi connectivity index (χ3n) is 8.44. The van der Waals surface area contributed by atoms with Gasteiger partial charge in [-0.3, -0.25) is 14.4 Å². The summed E-state index contributed by atoms with van der Waals surface area (Å²) in [5.74, 6) is 0.673. The van der Waals surface area contributed by atoms with Crippen molar-refractivity contribution in [2.75, 3.05) is 32.8 Å². The maximum Gasteiger partial charge on any atom is 0.257 e. The molecule has 0 radical (unpaired) electrons. The normalized spacial score (nSPS) is 19.5. The summed E-state index contributed by atoms with van der Waals surface area (Å²) >= 11 is 0. The van der Waals surface area contributed by atoms with Crippen LogP contribution in [0.25, 0.3) is 5.65 Å². The van der Waals surface area contributed by atoms with Crippen molar-refractivity contribution >= 4 is 23.4 Å². The number of carbonyl (C=O) groups is 3. The third kappa shape index (κ3) is 7.38. The summed E-state index contributed by atoms with van der Waals surface area (Å²) in [6.45, 7) is 2.86. The van der Waals surface area contributed by atoms with E-state index in [1.807, 2.05) is 78.3 Å². The highest BCUT2D eigenvalue weighted by molar-refractivity contribution is 6.00. The fraction of sp³-hybridized carbons (Fsp3) is 0.371. The summed E-state index contributed by atoms with van der Waals surface area (Å²) in [4.78, 5) is 48.3. The van der Waals surface area contributed by atoms with Crippen LogP contribution in [0.1, 0.15) is 46.4 Å². The van der Waals surface area contributed by atoms with Crippen molar-refractivity contribution in [3.63, 3.8) is 0 Å². The summed E-state index contributed by atoms with van der Waals surface area (Å²) in [5, 5.41) is 12.5. The number of aromatic nitrogens is 2. The molecule has 2 aromatic carbocycles. The molecule has 3 aliphatic rings. The van der Waals surface area contributed by atoms with Crippen LogP contribution >= 0.6 is 0 Å². The van der Waals surface area contributed by atoms with E-state index in [-0.39, 0.29) is 63.1 Å². The highest BCUT2D eigenvalue weighted by atomic mass is 16.5. The average Bonchev–Trinajstić information content (AvgIpc) is 3.45. The molecule has 0 aliphatic carbocycles. The van der Waals surface area contributed by atoms with E-state index < -0.39 is 6.04 Å². The highest BCUT2D eigenvalue weighted by Crippen LogP contribution is 2.25. The van der Waals surface area contributed by atoms with Crippen molar-refractivity contribution in [1.82, 2.24) is 24.5 Å². The number of fused-ring (bicyclic) bond motifs is 10. The van der Waals surface area contributed by atoms with E-state index >= 15 is 0 Å². The second-order valence-corrected chi connectivity index (χ2v) is 11.9. The largest absolute Gasteiger partial charge is 0.457 e. The maximum absolute atomic E-state index is 13.8. The number of aryl methyl sites for hydroxylation is 2. The van der Waals surface area contributed by atoms with Crippen molar-refractivity contribution in [3.05, 3.63) is 95.4 Å². The van der Waals surface area contributed by atoms with E-state index in [4.69, 9.17) is 9.47 Å².